The van der Waals surface area contributed by atoms with Crippen molar-refractivity contribution in [1.82, 2.24) is 24.9 Å². The zero-order valence-electron chi connectivity index (χ0n) is 18.9. The van der Waals surface area contributed by atoms with Gasteiger partial charge in [0.25, 0.3) is 5.91 Å². The van der Waals surface area contributed by atoms with E-state index in [2.05, 4.69) is 15.4 Å². The number of aliphatic hydroxyl groups is 1. The Balaban J connectivity index is 1.29. The molecule has 2 N–H and O–H groups in total. The van der Waals surface area contributed by atoms with Gasteiger partial charge in [-0.25, -0.2) is 13.9 Å². The molecule has 2 aliphatic carbocycles. The number of carbonyl (C=O) groups excluding carboxylic acids is 1. The molecule has 2 saturated carbocycles. The molecule has 33 heavy (non-hydrogen) atoms. The third kappa shape index (κ3) is 4.62. The molecule has 3 aromatic heterocycles. The summed E-state index contributed by atoms with van der Waals surface area (Å²) in [4.78, 5) is 21.8. The van der Waals surface area contributed by atoms with Gasteiger partial charge in [-0.2, -0.15) is 5.10 Å². The number of carbonyl (C=O) groups is 1. The van der Waals surface area contributed by atoms with E-state index in [1.54, 1.807) is 16.8 Å². The van der Waals surface area contributed by atoms with Crippen LogP contribution >= 0.6 is 0 Å². The van der Waals surface area contributed by atoms with E-state index in [1.807, 2.05) is 19.2 Å². The Hall–Kier alpha value is -2.87. The van der Waals surface area contributed by atoms with Gasteiger partial charge in [0.05, 0.1) is 18.5 Å². The number of pyridine rings is 1. The number of hydrogen-bond donors (Lipinski definition) is 2. The van der Waals surface area contributed by atoms with E-state index in [4.69, 9.17) is 4.98 Å². The molecular weight excluding hydrogens is 421 g/mol. The van der Waals surface area contributed by atoms with Crippen LogP contribution in [0.25, 0.3) is 5.65 Å². The largest absolute Gasteiger partial charge is 0.393 e. The molecule has 3 aromatic rings. The van der Waals surface area contributed by atoms with Crippen molar-refractivity contribution in [2.75, 3.05) is 0 Å². The van der Waals surface area contributed by atoms with E-state index in [0.717, 1.165) is 61.9 Å². The van der Waals surface area contributed by atoms with Crippen molar-refractivity contribution >= 4 is 11.6 Å². The lowest BCUT2D eigenvalue weighted by Crippen LogP contribution is -2.33. The Morgan fingerprint density at radius 3 is 2.97 bits per heavy atom. The van der Waals surface area contributed by atoms with Gasteiger partial charge in [0.15, 0.2) is 5.65 Å². The van der Waals surface area contributed by atoms with Gasteiger partial charge in [0.2, 0.25) is 0 Å². The Kier molecular flexibility index (Phi) is 6.10. The third-order valence-electron chi connectivity index (χ3n) is 7.33. The van der Waals surface area contributed by atoms with Crippen LogP contribution in [-0.4, -0.2) is 42.7 Å². The third-order valence-corrected chi connectivity index (χ3v) is 7.33. The van der Waals surface area contributed by atoms with E-state index < -0.39 is 0 Å². The van der Waals surface area contributed by atoms with E-state index >= 15 is 0 Å². The van der Waals surface area contributed by atoms with Gasteiger partial charge >= 0.3 is 0 Å². The van der Waals surface area contributed by atoms with Crippen LogP contribution in [0.2, 0.25) is 0 Å². The quantitative estimate of drug-likeness (QED) is 0.596. The van der Waals surface area contributed by atoms with Crippen molar-refractivity contribution in [3.8, 4) is 0 Å². The number of aliphatic hydroxyl groups excluding tert-OH is 1. The van der Waals surface area contributed by atoms with Crippen molar-refractivity contribution in [3.05, 3.63) is 59.1 Å². The average Bonchev–Trinajstić information content (AvgIpc) is 3.53. The minimum atomic E-state index is -0.338. The zero-order valence-corrected chi connectivity index (χ0v) is 18.9. The smallest absolute Gasteiger partial charge is 0.256 e. The van der Waals surface area contributed by atoms with Crippen molar-refractivity contribution in [2.24, 2.45) is 5.92 Å². The summed E-state index contributed by atoms with van der Waals surface area (Å²) in [5.74, 6) is 0.326. The minimum absolute atomic E-state index is 0.00861. The van der Waals surface area contributed by atoms with Crippen LogP contribution in [0, 0.1) is 18.7 Å². The van der Waals surface area contributed by atoms with Crippen LogP contribution < -0.4 is 5.32 Å². The SMILES string of the molecule is Cc1ncc(F)cc1C1CCCC1CCc1ccn2ncc(C(=O)NC3CCC(O)C3)c2n1. The number of halogens is 1. The molecular formula is C25H30FN5O2. The predicted octanol–water partition coefficient (Wildman–Crippen LogP) is 3.73. The van der Waals surface area contributed by atoms with E-state index in [-0.39, 0.29) is 23.9 Å². The number of rotatable bonds is 6. The fourth-order valence-electron chi connectivity index (χ4n) is 5.58. The number of aromatic nitrogens is 4. The van der Waals surface area contributed by atoms with Gasteiger partial charge in [-0.05, 0) is 81.4 Å². The summed E-state index contributed by atoms with van der Waals surface area (Å²) in [7, 11) is 0. The molecule has 1 amide bonds. The first kappa shape index (κ1) is 21.9. The molecule has 4 unspecified atom stereocenters. The van der Waals surface area contributed by atoms with E-state index in [1.165, 1.54) is 6.20 Å². The monoisotopic (exact) mass is 451 g/mol. The van der Waals surface area contributed by atoms with Crippen LogP contribution in [0.15, 0.2) is 30.7 Å². The lowest BCUT2D eigenvalue weighted by molar-refractivity contribution is 0.0935. The maximum absolute atomic E-state index is 13.8. The number of amides is 1. The highest BCUT2D eigenvalue weighted by molar-refractivity contribution is 5.99. The minimum Gasteiger partial charge on any atom is -0.393 e. The number of hydrogen-bond acceptors (Lipinski definition) is 5. The summed E-state index contributed by atoms with van der Waals surface area (Å²) in [5, 5.41) is 17.0. The fraction of sp³-hybridized carbons (Fsp3) is 0.520. The van der Waals surface area contributed by atoms with Crippen molar-refractivity contribution < 1.29 is 14.3 Å². The second-order valence-electron chi connectivity index (χ2n) is 9.55. The Bertz CT molecular complexity index is 1160. The maximum Gasteiger partial charge on any atom is 0.256 e. The Morgan fingerprint density at radius 2 is 2.15 bits per heavy atom. The summed E-state index contributed by atoms with van der Waals surface area (Å²) in [6.45, 7) is 1.96. The van der Waals surface area contributed by atoms with Gasteiger partial charge in [-0.1, -0.05) is 6.42 Å². The highest BCUT2D eigenvalue weighted by atomic mass is 19.1. The molecule has 5 rings (SSSR count). The second kappa shape index (κ2) is 9.17. The number of fused-ring (bicyclic) bond motifs is 1. The highest BCUT2D eigenvalue weighted by Gasteiger charge is 2.30. The predicted molar refractivity (Wildman–Crippen MR) is 121 cm³/mol. The first-order chi connectivity index (χ1) is 16.0. The van der Waals surface area contributed by atoms with Gasteiger partial charge < -0.3 is 10.4 Å². The van der Waals surface area contributed by atoms with Crippen molar-refractivity contribution in [3.63, 3.8) is 0 Å². The fourth-order valence-corrected chi connectivity index (χ4v) is 5.58. The molecule has 174 valence electrons. The van der Waals surface area contributed by atoms with Gasteiger partial charge in [0.1, 0.15) is 11.4 Å². The van der Waals surface area contributed by atoms with Crippen LogP contribution in [0.3, 0.4) is 0 Å². The Morgan fingerprint density at radius 1 is 1.27 bits per heavy atom. The molecule has 0 aromatic carbocycles. The summed E-state index contributed by atoms with van der Waals surface area (Å²) in [6.07, 6.45) is 11.5. The van der Waals surface area contributed by atoms with Crippen LogP contribution in [0.4, 0.5) is 4.39 Å². The number of nitrogens with zero attached hydrogens (tertiary/aromatic N) is 4. The summed E-state index contributed by atoms with van der Waals surface area (Å²) >= 11 is 0. The van der Waals surface area contributed by atoms with Gasteiger partial charge in [0, 0.05) is 23.6 Å². The summed E-state index contributed by atoms with van der Waals surface area (Å²) in [5.41, 5.74) is 3.88. The molecule has 2 fully saturated rings. The Labute approximate surface area is 192 Å². The van der Waals surface area contributed by atoms with Crippen LogP contribution in [0.1, 0.15) is 78.2 Å². The molecule has 0 radical (unpaired) electrons. The van der Waals surface area contributed by atoms with Crippen LogP contribution in [-0.2, 0) is 6.42 Å². The second-order valence-corrected chi connectivity index (χ2v) is 9.55. The molecule has 3 heterocycles. The summed E-state index contributed by atoms with van der Waals surface area (Å²) in [6, 6.07) is 3.59. The molecule has 7 nitrogen and oxygen atoms in total. The maximum atomic E-state index is 13.8. The first-order valence-corrected chi connectivity index (χ1v) is 11.9. The van der Waals surface area contributed by atoms with Gasteiger partial charge in [-0.3, -0.25) is 9.78 Å². The zero-order chi connectivity index (χ0) is 22.9. The number of nitrogens with one attached hydrogen (secondary N) is 1. The molecule has 0 aliphatic heterocycles. The molecule has 0 bridgehead atoms. The molecule has 8 heteroatoms. The normalized spacial score (nSPS) is 25.1. The topological polar surface area (TPSA) is 92.4 Å². The molecule has 0 saturated heterocycles. The summed E-state index contributed by atoms with van der Waals surface area (Å²) < 4.78 is 15.4. The van der Waals surface area contributed by atoms with Gasteiger partial charge in [-0.15, -0.1) is 0 Å². The first-order valence-electron chi connectivity index (χ1n) is 11.9. The van der Waals surface area contributed by atoms with Crippen molar-refractivity contribution in [2.45, 2.75) is 76.4 Å². The molecule has 0 spiro atoms. The lowest BCUT2D eigenvalue weighted by Gasteiger charge is -2.21. The van der Waals surface area contributed by atoms with Crippen molar-refractivity contribution in [1.29, 1.82) is 0 Å². The van der Waals surface area contributed by atoms with E-state index in [9.17, 15) is 14.3 Å². The molecule has 2 aliphatic rings. The van der Waals surface area contributed by atoms with E-state index in [0.29, 0.717) is 29.5 Å². The number of aryl methyl sites for hydroxylation is 2. The highest BCUT2D eigenvalue weighted by Crippen LogP contribution is 2.42. The average molecular weight is 452 g/mol. The van der Waals surface area contributed by atoms with Crippen LogP contribution in [0.5, 0.6) is 0 Å². The lowest BCUT2D eigenvalue weighted by atomic mass is 9.85. The molecule has 4 atom stereocenters. The standard InChI is InChI=1S/C25H30FN5O2/c1-15-22(11-17(26)13-27-15)21-4-2-3-16(21)5-6-18-9-10-31-24(29-18)23(14-28-31)25(33)30-19-7-8-20(32)12-19/h9-11,13-14,16,19-21,32H,2-8,12H2,1H3,(H,30,33).